The van der Waals surface area contributed by atoms with Crippen molar-refractivity contribution in [3.05, 3.63) is 76.2 Å². The average Bonchev–Trinajstić information content (AvgIpc) is 3.25. The van der Waals surface area contributed by atoms with E-state index in [2.05, 4.69) is 20.6 Å². The number of pyridine rings is 1. The van der Waals surface area contributed by atoms with E-state index in [0.717, 1.165) is 5.39 Å². The second kappa shape index (κ2) is 8.94. The Hall–Kier alpha value is -3.36. The molecule has 3 heterocycles. The van der Waals surface area contributed by atoms with Gasteiger partial charge in [0, 0.05) is 28.9 Å². The van der Waals surface area contributed by atoms with Crippen LogP contribution in [0.3, 0.4) is 0 Å². The molecule has 0 bridgehead atoms. The van der Waals surface area contributed by atoms with E-state index >= 15 is 8.78 Å². The molecule has 0 saturated carbocycles. The summed E-state index contributed by atoms with van der Waals surface area (Å²) in [7, 11) is 0. The number of ether oxygens (including phenoxy) is 1. The predicted molar refractivity (Wildman–Crippen MR) is 138 cm³/mol. The second-order valence-corrected chi connectivity index (χ2v) is 10.1. The third-order valence-electron chi connectivity index (χ3n) is 6.43. The third kappa shape index (κ3) is 4.24. The first-order valence-electron chi connectivity index (χ1n) is 11.2. The highest BCUT2D eigenvalue weighted by atomic mass is 35.5. The number of H-pyrrole nitrogens is 1. The maximum atomic E-state index is 16.1. The molecule has 1 aliphatic heterocycles. The molecular formula is C26H22Cl2F2N4O2. The summed E-state index contributed by atoms with van der Waals surface area (Å²) in [5.41, 5.74) is 0.924. The minimum atomic E-state index is -0.836. The van der Waals surface area contributed by atoms with Gasteiger partial charge in [0.2, 0.25) is 0 Å². The van der Waals surface area contributed by atoms with Gasteiger partial charge < -0.3 is 15.0 Å². The number of carbonyl (C=O) groups excluding carboxylic acids is 1. The number of anilines is 2. The molecule has 3 N–H and O–H groups in total. The van der Waals surface area contributed by atoms with Crippen LogP contribution in [0.5, 0.6) is 0 Å². The van der Waals surface area contributed by atoms with Crippen LogP contribution < -0.4 is 10.6 Å². The molecule has 2 aromatic carbocycles. The van der Waals surface area contributed by atoms with E-state index in [4.69, 9.17) is 27.9 Å². The maximum absolute atomic E-state index is 16.1. The van der Waals surface area contributed by atoms with Gasteiger partial charge in [-0.2, -0.15) is 0 Å². The highest BCUT2D eigenvalue weighted by Gasteiger charge is 2.45. The molecule has 0 radical (unpaired) electrons. The fourth-order valence-electron chi connectivity index (χ4n) is 4.97. The van der Waals surface area contributed by atoms with Crippen molar-refractivity contribution in [3.63, 3.8) is 0 Å². The summed E-state index contributed by atoms with van der Waals surface area (Å²) in [5.74, 6) is -1.99. The summed E-state index contributed by atoms with van der Waals surface area (Å²) in [6, 6.07) is 11.3. The van der Waals surface area contributed by atoms with Crippen molar-refractivity contribution in [2.75, 3.05) is 10.6 Å². The summed E-state index contributed by atoms with van der Waals surface area (Å²) in [5, 5.41) is 6.78. The van der Waals surface area contributed by atoms with E-state index in [-0.39, 0.29) is 21.4 Å². The lowest BCUT2D eigenvalue weighted by molar-refractivity contribution is 0.0561. The fourth-order valence-corrected chi connectivity index (χ4v) is 5.43. The Labute approximate surface area is 216 Å². The highest BCUT2D eigenvalue weighted by Crippen LogP contribution is 2.46. The summed E-state index contributed by atoms with van der Waals surface area (Å²) in [6.07, 6.45) is 0.148. The van der Waals surface area contributed by atoms with Gasteiger partial charge in [-0.1, -0.05) is 48.3 Å². The zero-order valence-corrected chi connectivity index (χ0v) is 21.1. The molecule has 6 nitrogen and oxygen atoms in total. The molecule has 0 aliphatic carbocycles. The second-order valence-electron chi connectivity index (χ2n) is 9.34. The zero-order valence-electron chi connectivity index (χ0n) is 19.5. The Morgan fingerprint density at radius 1 is 1.14 bits per heavy atom. The van der Waals surface area contributed by atoms with E-state index in [0.29, 0.717) is 22.5 Å². The van der Waals surface area contributed by atoms with Crippen LogP contribution in [0.1, 0.15) is 32.3 Å². The number of hydrogen-bond acceptors (Lipinski definition) is 4. The van der Waals surface area contributed by atoms with Crippen LogP contribution in [-0.2, 0) is 4.74 Å². The van der Waals surface area contributed by atoms with Crippen LogP contribution in [0.2, 0.25) is 10.3 Å². The number of nitrogens with zero attached hydrogens (tertiary/aromatic N) is 1. The van der Waals surface area contributed by atoms with E-state index in [1.807, 2.05) is 12.1 Å². The topological polar surface area (TPSA) is 79.0 Å². The number of aromatic nitrogens is 2. The van der Waals surface area contributed by atoms with Gasteiger partial charge in [-0.05, 0) is 43.5 Å². The number of benzene rings is 2. The Morgan fingerprint density at radius 3 is 2.58 bits per heavy atom. The molecule has 36 heavy (non-hydrogen) atoms. The minimum Gasteiger partial charge on any atom is -0.443 e. The third-order valence-corrected chi connectivity index (χ3v) is 6.82. The molecular weight excluding hydrogens is 509 g/mol. The number of fused-ring (bicyclic) bond motifs is 2. The lowest BCUT2D eigenvalue weighted by Gasteiger charge is -2.44. The lowest BCUT2D eigenvalue weighted by Crippen LogP contribution is -2.52. The van der Waals surface area contributed by atoms with Gasteiger partial charge in [0.15, 0.2) is 0 Å². The van der Waals surface area contributed by atoms with E-state index in [9.17, 15) is 4.79 Å². The molecule has 2 aromatic heterocycles. The monoisotopic (exact) mass is 530 g/mol. The molecule has 0 spiro atoms. The molecule has 0 fully saturated rings. The maximum Gasteiger partial charge on any atom is 0.412 e. The summed E-state index contributed by atoms with van der Waals surface area (Å²) in [6.45, 7) is 5.35. The van der Waals surface area contributed by atoms with E-state index in [1.54, 1.807) is 39.1 Å². The van der Waals surface area contributed by atoms with Gasteiger partial charge in [-0.25, -0.2) is 18.6 Å². The summed E-state index contributed by atoms with van der Waals surface area (Å²) < 4.78 is 37.2. The van der Waals surface area contributed by atoms with E-state index in [1.165, 1.54) is 18.2 Å². The van der Waals surface area contributed by atoms with Crippen LogP contribution >= 0.6 is 23.2 Å². The van der Waals surface area contributed by atoms with Gasteiger partial charge in [0.05, 0.1) is 22.3 Å². The first-order chi connectivity index (χ1) is 17.0. The average molecular weight is 531 g/mol. The Bertz CT molecular complexity index is 1480. The van der Waals surface area contributed by atoms with Crippen LogP contribution in [0.15, 0.2) is 48.7 Å². The smallest absolute Gasteiger partial charge is 0.412 e. The molecule has 5 rings (SSSR count). The number of amides is 1. The molecule has 0 unspecified atom stereocenters. The van der Waals surface area contributed by atoms with Crippen LogP contribution in [0.25, 0.3) is 22.0 Å². The standard InChI is InChI=1S/C26H22Cl2F2N4O2/c1-12-20-17(11-16(29)21(22(20)30)15-6-4-5-13-7-8-31-23(13)15)34-26(2,3)24(12)36-25(35)32-14-9-18(27)33-19(28)10-14/h4-12,24,31,34H,1-3H3,(H,32,33,35)/t12-,24+/m1/s1. The number of nitrogens with one attached hydrogen (secondary N) is 3. The zero-order chi connectivity index (χ0) is 25.8. The molecule has 186 valence electrons. The quantitative estimate of drug-likeness (QED) is 0.236. The first kappa shape index (κ1) is 24.3. The first-order valence-corrected chi connectivity index (χ1v) is 12.0. The number of para-hydroxylation sites is 1. The van der Waals surface area contributed by atoms with Crippen molar-refractivity contribution < 1.29 is 18.3 Å². The Balaban J connectivity index is 1.51. The molecule has 0 saturated heterocycles. The van der Waals surface area contributed by atoms with Gasteiger partial charge >= 0.3 is 6.09 Å². The largest absolute Gasteiger partial charge is 0.443 e. The highest BCUT2D eigenvalue weighted by molar-refractivity contribution is 6.32. The van der Waals surface area contributed by atoms with Gasteiger partial charge in [0.25, 0.3) is 0 Å². The van der Waals surface area contributed by atoms with Crippen molar-refractivity contribution in [3.8, 4) is 11.1 Å². The number of halogens is 4. The van der Waals surface area contributed by atoms with Crippen LogP contribution in [0, 0.1) is 11.6 Å². The number of hydrogen-bond donors (Lipinski definition) is 3. The van der Waals surface area contributed by atoms with Crippen molar-refractivity contribution >= 4 is 51.6 Å². The molecule has 1 aliphatic rings. The predicted octanol–water partition coefficient (Wildman–Crippen LogP) is 7.74. The van der Waals surface area contributed by atoms with Crippen molar-refractivity contribution in [2.45, 2.75) is 38.3 Å². The van der Waals surface area contributed by atoms with Crippen molar-refractivity contribution in [1.29, 1.82) is 0 Å². The molecule has 1 amide bonds. The normalized spacial score (nSPS) is 18.4. The molecule has 4 aromatic rings. The fraction of sp³-hybridized carbons (Fsp3) is 0.231. The SMILES string of the molecule is C[C@@H]1c2c(cc(F)c(-c3cccc4cc[nH]c34)c2F)NC(C)(C)[C@H]1OC(=O)Nc1cc(Cl)nc(Cl)c1. The Kier molecular flexibility index (Phi) is 6.04. The Morgan fingerprint density at radius 2 is 1.86 bits per heavy atom. The van der Waals surface area contributed by atoms with E-state index < -0.39 is 35.3 Å². The van der Waals surface area contributed by atoms with Gasteiger partial charge in [-0.15, -0.1) is 0 Å². The van der Waals surface area contributed by atoms with Crippen molar-refractivity contribution in [1.82, 2.24) is 9.97 Å². The van der Waals surface area contributed by atoms with Gasteiger partial charge in [-0.3, -0.25) is 5.32 Å². The van der Waals surface area contributed by atoms with Gasteiger partial charge in [0.1, 0.15) is 28.0 Å². The number of carbonyl (C=O) groups is 1. The van der Waals surface area contributed by atoms with Crippen molar-refractivity contribution in [2.24, 2.45) is 0 Å². The minimum absolute atomic E-state index is 0.105. The molecule has 10 heteroatoms. The van der Waals surface area contributed by atoms with Crippen LogP contribution in [-0.4, -0.2) is 27.7 Å². The summed E-state index contributed by atoms with van der Waals surface area (Å²) >= 11 is 11.8. The number of aromatic amines is 1. The van der Waals surface area contributed by atoms with Crippen LogP contribution in [0.4, 0.5) is 25.0 Å². The molecule has 2 atom stereocenters. The lowest BCUT2D eigenvalue weighted by atomic mass is 9.77. The summed E-state index contributed by atoms with van der Waals surface area (Å²) in [4.78, 5) is 19.7. The number of rotatable bonds is 3.